The molecule has 0 unspecified atom stereocenters. The third-order valence-corrected chi connectivity index (χ3v) is 3.14. The maximum atomic E-state index is 13.3. The molecule has 3 N–H and O–H groups in total. The highest BCUT2D eigenvalue weighted by molar-refractivity contribution is 7.80. The van der Waals surface area contributed by atoms with Crippen molar-refractivity contribution >= 4 is 51.8 Å². The maximum Gasteiger partial charge on any atom is 0.126 e. The third-order valence-electron chi connectivity index (χ3n) is 2.40. The molecule has 0 aliphatic rings. The first-order valence-electron chi connectivity index (χ1n) is 5.29. The monoisotopic (exact) mass is 314 g/mol. The molecule has 0 amide bonds. The van der Waals surface area contributed by atoms with E-state index in [1.807, 2.05) is 0 Å². The van der Waals surface area contributed by atoms with E-state index in [2.05, 4.69) is 5.32 Å². The summed E-state index contributed by atoms with van der Waals surface area (Å²) in [5, 5.41) is 3.72. The van der Waals surface area contributed by atoms with E-state index in [0.717, 1.165) is 0 Å². The van der Waals surface area contributed by atoms with Crippen molar-refractivity contribution in [2.75, 3.05) is 5.32 Å². The van der Waals surface area contributed by atoms with Gasteiger partial charge in [0.15, 0.2) is 0 Å². The van der Waals surface area contributed by atoms with E-state index in [-0.39, 0.29) is 4.99 Å². The lowest BCUT2D eigenvalue weighted by molar-refractivity contribution is 0.628. The molecule has 2 aromatic rings. The van der Waals surface area contributed by atoms with Crippen LogP contribution in [0, 0.1) is 5.82 Å². The number of hydrogen-bond acceptors (Lipinski definition) is 2. The lowest BCUT2D eigenvalue weighted by atomic mass is 10.1. The van der Waals surface area contributed by atoms with Gasteiger partial charge in [-0.25, -0.2) is 4.39 Å². The summed E-state index contributed by atoms with van der Waals surface area (Å²) in [6, 6.07) is 9.30. The van der Waals surface area contributed by atoms with Gasteiger partial charge in [0.2, 0.25) is 0 Å². The fourth-order valence-corrected chi connectivity index (χ4v) is 2.43. The van der Waals surface area contributed by atoms with Gasteiger partial charge in [-0.05, 0) is 30.3 Å². The molecule has 98 valence electrons. The molecule has 0 radical (unpaired) electrons. The average Bonchev–Trinajstić information content (AvgIpc) is 2.26. The number of benzene rings is 2. The highest BCUT2D eigenvalue weighted by Crippen LogP contribution is 2.28. The largest absolute Gasteiger partial charge is 0.389 e. The van der Waals surface area contributed by atoms with Crippen LogP contribution in [0.2, 0.25) is 10.0 Å². The normalized spacial score (nSPS) is 10.3. The van der Waals surface area contributed by atoms with Gasteiger partial charge in [-0.3, -0.25) is 0 Å². The molecule has 0 aromatic heterocycles. The summed E-state index contributed by atoms with van der Waals surface area (Å²) in [5.41, 5.74) is 7.24. The fraction of sp³-hybridized carbons (Fsp3) is 0. The molecule has 0 bridgehead atoms. The quantitative estimate of drug-likeness (QED) is 0.819. The van der Waals surface area contributed by atoms with Crippen LogP contribution in [0.15, 0.2) is 36.4 Å². The number of thiocarbonyl (C=S) groups is 1. The Morgan fingerprint density at radius 2 is 1.95 bits per heavy atom. The standard InChI is InChI=1S/C13H9Cl2FN2S/c14-7-4-8(16)6-9(5-7)18-11-3-1-2-10(15)12(11)13(17)19/h1-6,18H,(H2,17,19). The van der Waals surface area contributed by atoms with E-state index in [9.17, 15) is 4.39 Å². The Balaban J connectivity index is 2.43. The highest BCUT2D eigenvalue weighted by Gasteiger charge is 2.10. The van der Waals surface area contributed by atoms with Gasteiger partial charge in [-0.15, -0.1) is 0 Å². The molecule has 0 spiro atoms. The summed E-state index contributed by atoms with van der Waals surface area (Å²) in [5.74, 6) is -0.436. The molecule has 2 nitrogen and oxygen atoms in total. The van der Waals surface area contributed by atoms with Crippen molar-refractivity contribution in [1.29, 1.82) is 0 Å². The van der Waals surface area contributed by atoms with Crippen LogP contribution in [0.25, 0.3) is 0 Å². The summed E-state index contributed by atoms with van der Waals surface area (Å²) in [4.78, 5) is 0.163. The SMILES string of the molecule is NC(=S)c1c(Cl)cccc1Nc1cc(F)cc(Cl)c1. The van der Waals surface area contributed by atoms with Crippen LogP contribution in [0.1, 0.15) is 5.56 Å². The molecule has 19 heavy (non-hydrogen) atoms. The van der Waals surface area contributed by atoms with E-state index in [4.69, 9.17) is 41.2 Å². The van der Waals surface area contributed by atoms with E-state index in [1.54, 1.807) is 24.3 Å². The number of rotatable bonds is 3. The Morgan fingerprint density at radius 1 is 1.21 bits per heavy atom. The summed E-state index contributed by atoms with van der Waals surface area (Å²) >= 11 is 16.8. The summed E-state index contributed by atoms with van der Waals surface area (Å²) in [7, 11) is 0. The van der Waals surface area contributed by atoms with Crippen LogP contribution in [-0.4, -0.2) is 4.99 Å². The first-order chi connectivity index (χ1) is 8.97. The first kappa shape index (κ1) is 14.1. The van der Waals surface area contributed by atoms with Crippen LogP contribution in [0.5, 0.6) is 0 Å². The highest BCUT2D eigenvalue weighted by atomic mass is 35.5. The smallest absolute Gasteiger partial charge is 0.126 e. The van der Waals surface area contributed by atoms with Crippen LogP contribution < -0.4 is 11.1 Å². The molecule has 0 heterocycles. The van der Waals surface area contributed by atoms with Crippen molar-refractivity contribution in [1.82, 2.24) is 0 Å². The van der Waals surface area contributed by atoms with Gasteiger partial charge in [0.1, 0.15) is 10.8 Å². The Kier molecular flexibility index (Phi) is 4.24. The van der Waals surface area contributed by atoms with E-state index in [1.165, 1.54) is 12.1 Å². The summed E-state index contributed by atoms with van der Waals surface area (Å²) < 4.78 is 13.3. The van der Waals surface area contributed by atoms with E-state index in [0.29, 0.717) is 27.0 Å². The second-order valence-electron chi connectivity index (χ2n) is 3.81. The Hall–Kier alpha value is -1.36. The van der Waals surface area contributed by atoms with Crippen LogP contribution >= 0.6 is 35.4 Å². The zero-order valence-electron chi connectivity index (χ0n) is 9.58. The lowest BCUT2D eigenvalue weighted by Crippen LogP contribution is -2.12. The van der Waals surface area contributed by atoms with Gasteiger partial charge in [0.25, 0.3) is 0 Å². The summed E-state index contributed by atoms with van der Waals surface area (Å²) in [6.45, 7) is 0. The molecular formula is C13H9Cl2FN2S. The van der Waals surface area contributed by atoms with Crippen molar-refractivity contribution < 1.29 is 4.39 Å². The maximum absolute atomic E-state index is 13.3. The van der Waals surface area contributed by atoms with Gasteiger partial charge >= 0.3 is 0 Å². The van der Waals surface area contributed by atoms with Gasteiger partial charge in [-0.1, -0.05) is 41.5 Å². The predicted octanol–water partition coefficient (Wildman–Crippen LogP) is 4.51. The minimum Gasteiger partial charge on any atom is -0.389 e. The van der Waals surface area contributed by atoms with E-state index < -0.39 is 5.82 Å². The molecular weight excluding hydrogens is 306 g/mol. The van der Waals surface area contributed by atoms with Crippen molar-refractivity contribution in [2.45, 2.75) is 0 Å². The molecule has 6 heteroatoms. The Bertz CT molecular complexity index is 626. The Labute approximate surface area is 125 Å². The number of anilines is 2. The van der Waals surface area contributed by atoms with Crippen molar-refractivity contribution in [3.05, 3.63) is 57.8 Å². The first-order valence-corrected chi connectivity index (χ1v) is 6.45. The zero-order chi connectivity index (χ0) is 14.0. The van der Waals surface area contributed by atoms with E-state index >= 15 is 0 Å². The third kappa shape index (κ3) is 3.35. The molecule has 0 atom stereocenters. The predicted molar refractivity (Wildman–Crippen MR) is 82.0 cm³/mol. The molecule has 0 aliphatic heterocycles. The fourth-order valence-electron chi connectivity index (χ4n) is 1.66. The van der Waals surface area contributed by atoms with Crippen LogP contribution in [0.4, 0.5) is 15.8 Å². The van der Waals surface area contributed by atoms with Gasteiger partial charge in [0.05, 0.1) is 16.3 Å². The van der Waals surface area contributed by atoms with Crippen molar-refractivity contribution in [3.63, 3.8) is 0 Å². The second-order valence-corrected chi connectivity index (χ2v) is 5.09. The molecule has 0 fully saturated rings. The average molecular weight is 315 g/mol. The number of nitrogens with two attached hydrogens (primary N) is 1. The van der Waals surface area contributed by atoms with Gasteiger partial charge in [-0.2, -0.15) is 0 Å². The zero-order valence-corrected chi connectivity index (χ0v) is 11.9. The van der Waals surface area contributed by atoms with Gasteiger partial charge in [0, 0.05) is 10.7 Å². The van der Waals surface area contributed by atoms with Crippen molar-refractivity contribution in [2.24, 2.45) is 5.73 Å². The number of nitrogens with one attached hydrogen (secondary N) is 1. The lowest BCUT2D eigenvalue weighted by Gasteiger charge is -2.13. The van der Waals surface area contributed by atoms with Crippen LogP contribution in [-0.2, 0) is 0 Å². The molecule has 0 saturated carbocycles. The number of hydrogen-bond donors (Lipinski definition) is 2. The van der Waals surface area contributed by atoms with Crippen molar-refractivity contribution in [3.8, 4) is 0 Å². The Morgan fingerprint density at radius 3 is 2.58 bits per heavy atom. The molecule has 0 aliphatic carbocycles. The minimum absolute atomic E-state index is 0.163. The minimum atomic E-state index is -0.436. The second kappa shape index (κ2) is 5.74. The topological polar surface area (TPSA) is 38.0 Å². The summed E-state index contributed by atoms with van der Waals surface area (Å²) in [6.07, 6.45) is 0. The van der Waals surface area contributed by atoms with Crippen LogP contribution in [0.3, 0.4) is 0 Å². The molecule has 2 aromatic carbocycles. The molecule has 2 rings (SSSR count). The van der Waals surface area contributed by atoms with Gasteiger partial charge < -0.3 is 11.1 Å². The molecule has 0 saturated heterocycles. The number of halogens is 3.